The summed E-state index contributed by atoms with van der Waals surface area (Å²) in [6, 6.07) is 7.25. The van der Waals surface area contributed by atoms with E-state index in [0.29, 0.717) is 20.8 Å². The van der Waals surface area contributed by atoms with E-state index in [0.717, 1.165) is 6.07 Å². The van der Waals surface area contributed by atoms with Crippen LogP contribution in [0.25, 0.3) is 0 Å². The molecule has 0 aliphatic heterocycles. The Labute approximate surface area is 134 Å². The molecule has 0 amide bonds. The number of rotatable bonds is 3. The summed E-state index contributed by atoms with van der Waals surface area (Å²) in [5.74, 6) is -0.195. The predicted octanol–water partition coefficient (Wildman–Crippen LogP) is 4.99. The Morgan fingerprint density at radius 1 is 1.15 bits per heavy atom. The summed E-state index contributed by atoms with van der Waals surface area (Å²) in [6.07, 6.45) is -1.21. The van der Waals surface area contributed by atoms with E-state index in [1.54, 1.807) is 6.07 Å². The molecule has 0 aromatic heterocycles. The van der Waals surface area contributed by atoms with Gasteiger partial charge < -0.3 is 9.84 Å². The maximum absolute atomic E-state index is 13.9. The molecule has 0 aliphatic rings. The minimum absolute atomic E-state index is 0.0990. The Balaban J connectivity index is 2.55. The molecule has 106 valence electrons. The van der Waals surface area contributed by atoms with Gasteiger partial charge in [0.25, 0.3) is 0 Å². The molecule has 2 rings (SSSR count). The highest BCUT2D eigenvalue weighted by molar-refractivity contribution is 9.10. The van der Waals surface area contributed by atoms with Gasteiger partial charge in [-0.2, -0.15) is 0 Å². The molecule has 20 heavy (non-hydrogen) atoms. The number of aliphatic hydroxyl groups excluding tert-OH is 1. The Bertz CT molecular complexity index is 649. The van der Waals surface area contributed by atoms with Gasteiger partial charge in [0.15, 0.2) is 0 Å². The first-order valence-electron chi connectivity index (χ1n) is 5.60. The number of hydrogen-bond acceptors (Lipinski definition) is 2. The van der Waals surface area contributed by atoms with Crippen molar-refractivity contribution in [1.29, 1.82) is 0 Å². The summed E-state index contributed by atoms with van der Waals surface area (Å²) in [5, 5.41) is 11.0. The maximum Gasteiger partial charge on any atom is 0.139 e. The van der Waals surface area contributed by atoms with Gasteiger partial charge in [0.1, 0.15) is 17.7 Å². The highest BCUT2D eigenvalue weighted by Gasteiger charge is 2.21. The Kier molecular flexibility index (Phi) is 4.91. The first-order chi connectivity index (χ1) is 9.43. The molecule has 0 heterocycles. The fraction of sp³-hybridized carbons (Fsp3) is 0.143. The van der Waals surface area contributed by atoms with Gasteiger partial charge in [0.2, 0.25) is 0 Å². The zero-order valence-corrected chi connectivity index (χ0v) is 13.4. The maximum atomic E-state index is 13.9. The highest BCUT2D eigenvalue weighted by Crippen LogP contribution is 2.39. The Hall–Kier alpha value is -0.810. The number of benzene rings is 2. The zero-order chi connectivity index (χ0) is 14.9. The molecule has 2 aromatic rings. The van der Waals surface area contributed by atoms with Crippen LogP contribution in [0, 0.1) is 5.82 Å². The second-order valence-electron chi connectivity index (χ2n) is 4.08. The summed E-state index contributed by atoms with van der Waals surface area (Å²) in [5.41, 5.74) is 0.468. The summed E-state index contributed by atoms with van der Waals surface area (Å²) in [4.78, 5) is 0. The van der Waals surface area contributed by atoms with Gasteiger partial charge in [-0.15, -0.1) is 0 Å². The van der Waals surface area contributed by atoms with E-state index < -0.39 is 11.9 Å². The molecule has 0 spiro atoms. The van der Waals surface area contributed by atoms with Crippen LogP contribution >= 0.6 is 39.1 Å². The molecular weight excluding hydrogens is 370 g/mol. The van der Waals surface area contributed by atoms with E-state index in [9.17, 15) is 9.50 Å². The number of ether oxygens (including phenoxy) is 1. The number of hydrogen-bond donors (Lipinski definition) is 1. The molecule has 0 fully saturated rings. The van der Waals surface area contributed by atoms with Crippen molar-refractivity contribution in [2.45, 2.75) is 6.10 Å². The van der Waals surface area contributed by atoms with E-state index in [-0.39, 0.29) is 10.6 Å². The van der Waals surface area contributed by atoms with Crippen LogP contribution < -0.4 is 4.74 Å². The lowest BCUT2D eigenvalue weighted by molar-refractivity contribution is 0.209. The van der Waals surface area contributed by atoms with E-state index in [2.05, 4.69) is 15.9 Å². The van der Waals surface area contributed by atoms with E-state index in [4.69, 9.17) is 27.9 Å². The van der Waals surface area contributed by atoms with Crippen LogP contribution in [0.4, 0.5) is 4.39 Å². The molecule has 2 nitrogen and oxygen atoms in total. The van der Waals surface area contributed by atoms with Gasteiger partial charge in [-0.1, -0.05) is 29.3 Å². The lowest BCUT2D eigenvalue weighted by atomic mass is 10.00. The summed E-state index contributed by atoms with van der Waals surface area (Å²) >= 11 is 15.0. The van der Waals surface area contributed by atoms with Crippen molar-refractivity contribution in [3.05, 3.63) is 61.8 Å². The largest absolute Gasteiger partial charge is 0.495 e. The fourth-order valence-electron chi connectivity index (χ4n) is 1.89. The monoisotopic (exact) mass is 378 g/mol. The van der Waals surface area contributed by atoms with Crippen LogP contribution in [-0.4, -0.2) is 12.2 Å². The molecule has 0 saturated heterocycles. The molecule has 6 heteroatoms. The van der Waals surface area contributed by atoms with E-state index >= 15 is 0 Å². The number of halogens is 4. The minimum Gasteiger partial charge on any atom is -0.495 e. The predicted molar refractivity (Wildman–Crippen MR) is 81.2 cm³/mol. The van der Waals surface area contributed by atoms with Crippen LogP contribution in [0.15, 0.2) is 34.8 Å². The van der Waals surface area contributed by atoms with Crippen molar-refractivity contribution < 1.29 is 14.2 Å². The van der Waals surface area contributed by atoms with Crippen LogP contribution in [0.1, 0.15) is 17.2 Å². The molecule has 0 bridgehead atoms. The average molecular weight is 380 g/mol. The third-order valence-electron chi connectivity index (χ3n) is 2.79. The van der Waals surface area contributed by atoms with Crippen LogP contribution in [0.5, 0.6) is 5.75 Å². The average Bonchev–Trinajstić information content (AvgIpc) is 2.37. The third kappa shape index (κ3) is 3.09. The van der Waals surface area contributed by atoms with E-state index in [1.807, 2.05) is 0 Å². The molecule has 0 aliphatic carbocycles. The second kappa shape index (κ2) is 6.31. The molecular formula is C14H10BrCl2FO2. The second-order valence-corrected chi connectivity index (χ2v) is 5.81. The van der Waals surface area contributed by atoms with Crippen LogP contribution in [0.2, 0.25) is 10.0 Å². The van der Waals surface area contributed by atoms with Gasteiger partial charge in [-0.3, -0.25) is 0 Å². The van der Waals surface area contributed by atoms with Crippen molar-refractivity contribution >= 4 is 39.1 Å². The van der Waals surface area contributed by atoms with Crippen molar-refractivity contribution in [1.82, 2.24) is 0 Å². The molecule has 2 aromatic carbocycles. The molecule has 1 N–H and O–H groups in total. The summed E-state index contributed by atoms with van der Waals surface area (Å²) in [7, 11) is 1.46. The van der Waals surface area contributed by atoms with Crippen molar-refractivity contribution in [3.63, 3.8) is 0 Å². The standard InChI is InChI=1S/C14H10BrCl2FO2/c1-20-14-10(4-8(17)5-11(14)15)13(19)9-3-2-7(16)6-12(9)18/h2-6,13,19H,1H3. The first kappa shape index (κ1) is 15.6. The highest BCUT2D eigenvalue weighted by atomic mass is 79.9. The zero-order valence-electron chi connectivity index (χ0n) is 10.3. The molecule has 0 saturated carbocycles. The Morgan fingerprint density at radius 2 is 1.85 bits per heavy atom. The lowest BCUT2D eigenvalue weighted by Crippen LogP contribution is -2.05. The fourth-order valence-corrected chi connectivity index (χ4v) is 3.04. The summed E-state index contributed by atoms with van der Waals surface area (Å²) in [6.45, 7) is 0. The van der Waals surface area contributed by atoms with Gasteiger partial charge >= 0.3 is 0 Å². The lowest BCUT2D eigenvalue weighted by Gasteiger charge is -2.17. The van der Waals surface area contributed by atoms with Crippen molar-refractivity contribution in [3.8, 4) is 5.75 Å². The Morgan fingerprint density at radius 3 is 2.45 bits per heavy atom. The SMILES string of the molecule is COc1c(Br)cc(Cl)cc1C(O)c1ccc(Cl)cc1F. The molecule has 0 radical (unpaired) electrons. The van der Waals surface area contributed by atoms with Crippen molar-refractivity contribution in [2.75, 3.05) is 7.11 Å². The summed E-state index contributed by atoms with van der Waals surface area (Å²) < 4.78 is 19.7. The molecule has 1 atom stereocenters. The van der Waals surface area contributed by atoms with Gasteiger partial charge in [-0.25, -0.2) is 4.39 Å². The van der Waals surface area contributed by atoms with Gasteiger partial charge in [0.05, 0.1) is 11.6 Å². The van der Waals surface area contributed by atoms with Crippen molar-refractivity contribution in [2.24, 2.45) is 0 Å². The topological polar surface area (TPSA) is 29.5 Å². The smallest absolute Gasteiger partial charge is 0.139 e. The quantitative estimate of drug-likeness (QED) is 0.814. The molecule has 1 unspecified atom stereocenters. The van der Waals surface area contributed by atoms with Crippen LogP contribution in [-0.2, 0) is 0 Å². The first-order valence-corrected chi connectivity index (χ1v) is 7.15. The minimum atomic E-state index is -1.21. The van der Waals surface area contributed by atoms with E-state index in [1.165, 1.54) is 25.3 Å². The third-order valence-corrected chi connectivity index (χ3v) is 3.84. The number of aliphatic hydroxyl groups is 1. The van der Waals surface area contributed by atoms with Gasteiger partial charge in [0, 0.05) is 21.2 Å². The van der Waals surface area contributed by atoms with Crippen LogP contribution in [0.3, 0.4) is 0 Å². The number of methoxy groups -OCH3 is 1. The van der Waals surface area contributed by atoms with Gasteiger partial charge in [-0.05, 0) is 40.2 Å². The normalized spacial score (nSPS) is 12.3.